The average molecular weight is 345 g/mol. The second-order valence-electron chi connectivity index (χ2n) is 7.62. The van der Waals surface area contributed by atoms with Gasteiger partial charge in [-0.25, -0.2) is 0 Å². The van der Waals surface area contributed by atoms with Crippen LogP contribution in [-0.4, -0.2) is 35.4 Å². The molecule has 0 unspecified atom stereocenters. The fourth-order valence-corrected chi connectivity index (χ4v) is 4.79. The van der Waals surface area contributed by atoms with Crippen LogP contribution in [0.3, 0.4) is 0 Å². The van der Waals surface area contributed by atoms with Gasteiger partial charge in [0.25, 0.3) is 5.91 Å². The minimum absolute atomic E-state index is 0.143. The zero-order valence-corrected chi connectivity index (χ0v) is 14.9. The molecule has 0 saturated carbocycles. The molecule has 1 amide bonds. The third-order valence-corrected chi connectivity index (χ3v) is 6.13. The van der Waals surface area contributed by atoms with Crippen molar-refractivity contribution in [3.8, 4) is 0 Å². The van der Waals surface area contributed by atoms with Gasteiger partial charge in [-0.05, 0) is 47.6 Å². The van der Waals surface area contributed by atoms with Gasteiger partial charge in [0, 0.05) is 42.8 Å². The Kier molecular flexibility index (Phi) is 3.61. The van der Waals surface area contributed by atoms with Crippen molar-refractivity contribution in [1.82, 2.24) is 15.2 Å². The molecule has 0 aliphatic carbocycles. The molecular weight excluding hydrogens is 322 g/mol. The summed E-state index contributed by atoms with van der Waals surface area (Å²) in [6, 6.07) is 16.7. The van der Waals surface area contributed by atoms with Crippen LogP contribution in [0, 0.1) is 18.8 Å². The summed E-state index contributed by atoms with van der Waals surface area (Å²) in [5.41, 5.74) is 4.34. The first-order valence-corrected chi connectivity index (χ1v) is 9.37. The molecule has 26 heavy (non-hydrogen) atoms. The maximum atomic E-state index is 13.4. The molecule has 2 fully saturated rings. The highest BCUT2D eigenvalue weighted by molar-refractivity contribution is 5.98. The lowest BCUT2D eigenvalue weighted by atomic mass is 9.87. The molecule has 1 aromatic heterocycles. The minimum Gasteiger partial charge on any atom is -0.361 e. The highest BCUT2D eigenvalue weighted by Gasteiger charge is 2.47. The van der Waals surface area contributed by atoms with Crippen molar-refractivity contribution in [3.05, 3.63) is 71.4 Å². The Labute approximate surface area is 153 Å². The highest BCUT2D eigenvalue weighted by Crippen LogP contribution is 2.44. The summed E-state index contributed by atoms with van der Waals surface area (Å²) in [6.07, 6.45) is 1.92. The molecule has 3 aromatic rings. The number of hydrogen-bond donors (Lipinski definition) is 2. The predicted octanol–water partition coefficient (Wildman–Crippen LogP) is 3.51. The second kappa shape index (κ2) is 5.99. The molecule has 2 saturated heterocycles. The third-order valence-electron chi connectivity index (χ3n) is 6.13. The number of fused-ring (bicyclic) bond motifs is 2. The number of aromatic amines is 1. The molecule has 2 aliphatic heterocycles. The number of benzene rings is 2. The van der Waals surface area contributed by atoms with Crippen LogP contribution >= 0.6 is 0 Å². The van der Waals surface area contributed by atoms with Crippen LogP contribution in [0.4, 0.5) is 0 Å². The Morgan fingerprint density at radius 2 is 2.00 bits per heavy atom. The first-order chi connectivity index (χ1) is 12.7. The Bertz CT molecular complexity index is 976. The summed E-state index contributed by atoms with van der Waals surface area (Å²) in [5.74, 6) is 1.18. The van der Waals surface area contributed by atoms with Gasteiger partial charge in [-0.15, -0.1) is 0 Å². The predicted molar refractivity (Wildman–Crippen MR) is 103 cm³/mol. The van der Waals surface area contributed by atoms with Gasteiger partial charge in [0.05, 0.1) is 6.04 Å². The lowest BCUT2D eigenvalue weighted by Crippen LogP contribution is -2.35. The molecule has 5 rings (SSSR count). The van der Waals surface area contributed by atoms with E-state index in [1.807, 2.05) is 30.5 Å². The van der Waals surface area contributed by atoms with Gasteiger partial charge < -0.3 is 15.2 Å². The summed E-state index contributed by atoms with van der Waals surface area (Å²) in [5, 5.41) is 4.66. The first kappa shape index (κ1) is 15.6. The highest BCUT2D eigenvalue weighted by atomic mass is 16.2. The third kappa shape index (κ3) is 2.36. The second-order valence-corrected chi connectivity index (χ2v) is 7.62. The molecule has 2 aliphatic rings. The Hall–Kier alpha value is -2.59. The monoisotopic (exact) mass is 345 g/mol. The number of nitrogens with one attached hydrogen (secondary N) is 2. The smallest absolute Gasteiger partial charge is 0.254 e. The minimum atomic E-state index is 0.143. The van der Waals surface area contributed by atoms with E-state index < -0.39 is 0 Å². The fraction of sp³-hybridized carbons (Fsp3) is 0.318. The number of aromatic nitrogens is 1. The molecule has 4 heteroatoms. The molecule has 2 N–H and O–H groups in total. The maximum Gasteiger partial charge on any atom is 0.254 e. The van der Waals surface area contributed by atoms with E-state index in [-0.39, 0.29) is 11.9 Å². The molecule has 0 spiro atoms. The number of amides is 1. The summed E-state index contributed by atoms with van der Waals surface area (Å²) < 4.78 is 0. The zero-order valence-electron chi connectivity index (χ0n) is 14.9. The molecular formula is C22H23N3O. The lowest BCUT2D eigenvalue weighted by molar-refractivity contribution is 0.0714. The van der Waals surface area contributed by atoms with Crippen molar-refractivity contribution >= 4 is 16.8 Å². The van der Waals surface area contributed by atoms with Crippen molar-refractivity contribution in [2.45, 2.75) is 13.0 Å². The number of H-pyrrole nitrogens is 1. The van der Waals surface area contributed by atoms with Crippen LogP contribution < -0.4 is 5.32 Å². The Morgan fingerprint density at radius 3 is 2.88 bits per heavy atom. The topological polar surface area (TPSA) is 48.1 Å². The van der Waals surface area contributed by atoms with E-state index in [9.17, 15) is 4.79 Å². The SMILES string of the molecule is Cc1ccccc1[C@H]1[C@H]2CNC[C@H]2CN1C(=O)c1ccc2cc[nH]c2c1. The number of rotatable bonds is 2. The number of carbonyl (C=O) groups excluding carboxylic acids is 1. The normalized spacial score (nSPS) is 25.0. The first-order valence-electron chi connectivity index (χ1n) is 9.37. The summed E-state index contributed by atoms with van der Waals surface area (Å²) >= 11 is 0. The van der Waals surface area contributed by atoms with E-state index in [4.69, 9.17) is 0 Å². The van der Waals surface area contributed by atoms with Crippen molar-refractivity contribution in [2.75, 3.05) is 19.6 Å². The Morgan fingerprint density at radius 1 is 1.12 bits per heavy atom. The molecule has 4 nitrogen and oxygen atoms in total. The van der Waals surface area contributed by atoms with Crippen molar-refractivity contribution in [2.24, 2.45) is 11.8 Å². The van der Waals surface area contributed by atoms with Gasteiger partial charge in [-0.2, -0.15) is 0 Å². The molecule has 3 heterocycles. The van der Waals surface area contributed by atoms with Crippen molar-refractivity contribution in [3.63, 3.8) is 0 Å². The average Bonchev–Trinajstić information content (AvgIpc) is 3.36. The summed E-state index contributed by atoms with van der Waals surface area (Å²) in [7, 11) is 0. The number of nitrogens with zero attached hydrogens (tertiary/aromatic N) is 1. The van der Waals surface area contributed by atoms with Crippen LogP contribution in [0.2, 0.25) is 0 Å². The number of hydrogen-bond acceptors (Lipinski definition) is 2. The molecule has 2 aromatic carbocycles. The molecule has 0 bridgehead atoms. The van der Waals surface area contributed by atoms with Gasteiger partial charge in [-0.1, -0.05) is 30.3 Å². The van der Waals surface area contributed by atoms with E-state index in [2.05, 4.69) is 46.4 Å². The zero-order chi connectivity index (χ0) is 17.7. The van der Waals surface area contributed by atoms with Crippen LogP contribution in [0.25, 0.3) is 10.9 Å². The number of likely N-dealkylation sites (tertiary alicyclic amines) is 1. The molecule has 132 valence electrons. The quantitative estimate of drug-likeness (QED) is 0.747. The van der Waals surface area contributed by atoms with Crippen molar-refractivity contribution < 1.29 is 4.79 Å². The standard InChI is InChI=1S/C22H23N3O/c1-14-4-2-3-5-18(14)21-19-12-23-11-17(19)13-25(21)22(26)16-7-6-15-8-9-24-20(15)10-16/h2-10,17,19,21,23-24H,11-13H2,1H3/t17-,19-,21-/m0/s1. The fourth-order valence-electron chi connectivity index (χ4n) is 4.79. The number of aryl methyl sites for hydroxylation is 1. The largest absolute Gasteiger partial charge is 0.361 e. The van der Waals surface area contributed by atoms with Crippen molar-refractivity contribution in [1.29, 1.82) is 0 Å². The lowest BCUT2D eigenvalue weighted by Gasteiger charge is -2.29. The van der Waals surface area contributed by atoms with Crippen LogP contribution in [0.1, 0.15) is 27.5 Å². The van der Waals surface area contributed by atoms with E-state index in [1.54, 1.807) is 0 Å². The van der Waals surface area contributed by atoms with Crippen LogP contribution in [-0.2, 0) is 0 Å². The number of carbonyl (C=O) groups is 1. The Balaban J connectivity index is 1.55. The van der Waals surface area contributed by atoms with Crippen LogP contribution in [0.15, 0.2) is 54.7 Å². The van der Waals surface area contributed by atoms with E-state index >= 15 is 0 Å². The van der Waals surface area contributed by atoms with Gasteiger partial charge in [-0.3, -0.25) is 4.79 Å². The van der Waals surface area contributed by atoms with E-state index in [1.165, 1.54) is 11.1 Å². The summed E-state index contributed by atoms with van der Waals surface area (Å²) in [6.45, 7) is 4.98. The van der Waals surface area contributed by atoms with E-state index in [0.29, 0.717) is 11.8 Å². The van der Waals surface area contributed by atoms with Gasteiger partial charge in [0.15, 0.2) is 0 Å². The molecule has 3 atom stereocenters. The van der Waals surface area contributed by atoms with Gasteiger partial charge >= 0.3 is 0 Å². The summed E-state index contributed by atoms with van der Waals surface area (Å²) in [4.78, 5) is 18.8. The maximum absolute atomic E-state index is 13.4. The van der Waals surface area contributed by atoms with Gasteiger partial charge in [0.2, 0.25) is 0 Å². The van der Waals surface area contributed by atoms with Crippen LogP contribution in [0.5, 0.6) is 0 Å². The van der Waals surface area contributed by atoms with Gasteiger partial charge in [0.1, 0.15) is 0 Å². The molecule has 0 radical (unpaired) electrons. The van der Waals surface area contributed by atoms with E-state index in [0.717, 1.165) is 36.1 Å².